The number of benzene rings is 1. The number of amides is 1. The number of anilines is 1. The number of halogens is 1. The van der Waals surface area contributed by atoms with Crippen molar-refractivity contribution in [3.05, 3.63) is 28.8 Å². The van der Waals surface area contributed by atoms with E-state index in [0.29, 0.717) is 5.69 Å². The lowest BCUT2D eigenvalue weighted by atomic mass is 10.2. The molecule has 126 valence electrons. The van der Waals surface area contributed by atoms with Crippen molar-refractivity contribution in [3.63, 3.8) is 0 Å². The van der Waals surface area contributed by atoms with Crippen LogP contribution in [0.5, 0.6) is 0 Å². The predicted octanol–water partition coefficient (Wildman–Crippen LogP) is 2.48. The number of carboxylic acid groups (broad SMARTS) is 1. The molecular weight excluding hydrogens is 320 g/mol. The average Bonchev–Trinajstić information content (AvgIpc) is 3.01. The van der Waals surface area contributed by atoms with Gasteiger partial charge in [-0.15, -0.1) is 0 Å². The van der Waals surface area contributed by atoms with Crippen LogP contribution in [0.2, 0.25) is 5.02 Å². The molecule has 2 rings (SSSR count). The van der Waals surface area contributed by atoms with E-state index in [1.54, 1.807) is 6.07 Å². The van der Waals surface area contributed by atoms with Crippen molar-refractivity contribution in [1.82, 2.24) is 4.90 Å². The van der Waals surface area contributed by atoms with E-state index in [4.69, 9.17) is 21.4 Å². The first-order valence-corrected chi connectivity index (χ1v) is 8.04. The molecule has 0 radical (unpaired) electrons. The summed E-state index contributed by atoms with van der Waals surface area (Å²) < 4.78 is 5.59. The van der Waals surface area contributed by atoms with E-state index >= 15 is 0 Å². The molecule has 1 aromatic carbocycles. The van der Waals surface area contributed by atoms with Gasteiger partial charge in [-0.3, -0.25) is 9.69 Å². The molecule has 0 saturated carbocycles. The Morgan fingerprint density at radius 1 is 1.48 bits per heavy atom. The number of carboxylic acids is 1. The van der Waals surface area contributed by atoms with Crippen LogP contribution in [0.4, 0.5) is 5.69 Å². The van der Waals surface area contributed by atoms with Gasteiger partial charge in [0.25, 0.3) is 0 Å². The first-order valence-electron chi connectivity index (χ1n) is 7.66. The maximum atomic E-state index is 12.1. The van der Waals surface area contributed by atoms with Crippen LogP contribution in [0, 0.1) is 0 Å². The van der Waals surface area contributed by atoms with E-state index < -0.39 is 5.97 Å². The van der Waals surface area contributed by atoms with Gasteiger partial charge in [-0.25, -0.2) is 4.79 Å². The summed E-state index contributed by atoms with van der Waals surface area (Å²) in [5, 5.41) is 11.9. The molecule has 1 atom stereocenters. The maximum absolute atomic E-state index is 12.1. The molecule has 1 amide bonds. The van der Waals surface area contributed by atoms with Crippen LogP contribution in [0.15, 0.2) is 18.2 Å². The van der Waals surface area contributed by atoms with Crippen LogP contribution in [0.1, 0.15) is 30.1 Å². The van der Waals surface area contributed by atoms with Crippen molar-refractivity contribution in [2.45, 2.75) is 25.9 Å². The number of hydrogen-bond acceptors (Lipinski definition) is 4. The second kappa shape index (κ2) is 8.29. The van der Waals surface area contributed by atoms with Crippen LogP contribution in [-0.4, -0.2) is 54.2 Å². The highest BCUT2D eigenvalue weighted by Crippen LogP contribution is 2.20. The van der Waals surface area contributed by atoms with Gasteiger partial charge in [-0.1, -0.05) is 18.5 Å². The van der Waals surface area contributed by atoms with E-state index in [1.807, 2.05) is 11.8 Å². The summed E-state index contributed by atoms with van der Waals surface area (Å²) in [4.78, 5) is 25.2. The molecule has 1 heterocycles. The monoisotopic (exact) mass is 340 g/mol. The van der Waals surface area contributed by atoms with Gasteiger partial charge in [0.1, 0.15) is 0 Å². The van der Waals surface area contributed by atoms with Crippen LogP contribution >= 0.6 is 11.6 Å². The summed E-state index contributed by atoms with van der Waals surface area (Å²) in [5.74, 6) is -1.32. The van der Waals surface area contributed by atoms with Crippen molar-refractivity contribution in [1.29, 1.82) is 0 Å². The van der Waals surface area contributed by atoms with E-state index in [0.717, 1.165) is 32.5 Å². The molecule has 23 heavy (non-hydrogen) atoms. The van der Waals surface area contributed by atoms with Gasteiger partial charge < -0.3 is 15.2 Å². The molecule has 0 spiro atoms. The standard InChI is InChI=1S/C16H21ClN2O4/c1-2-19(9-12-4-3-7-23-12)10-15(20)18-11-5-6-14(17)13(8-11)16(21)22/h5-6,8,12H,2-4,7,9-10H2,1H3,(H,18,20)(H,21,22)/t12-/m1/s1. The molecule has 0 aromatic heterocycles. The summed E-state index contributed by atoms with van der Waals surface area (Å²) in [6.45, 7) is 4.49. The number of hydrogen-bond donors (Lipinski definition) is 2. The first-order chi connectivity index (χ1) is 11.0. The lowest BCUT2D eigenvalue weighted by Crippen LogP contribution is -2.38. The highest BCUT2D eigenvalue weighted by molar-refractivity contribution is 6.33. The minimum Gasteiger partial charge on any atom is -0.478 e. The largest absolute Gasteiger partial charge is 0.478 e. The van der Waals surface area contributed by atoms with Crippen molar-refractivity contribution in [2.24, 2.45) is 0 Å². The molecule has 1 aromatic rings. The second-order valence-corrected chi connectivity index (χ2v) is 5.92. The van der Waals surface area contributed by atoms with Gasteiger partial charge >= 0.3 is 5.97 Å². The lowest BCUT2D eigenvalue weighted by Gasteiger charge is -2.23. The Hall–Kier alpha value is -1.63. The number of ether oxygens (including phenoxy) is 1. The minimum absolute atomic E-state index is 0.0313. The molecule has 0 unspecified atom stereocenters. The third-order valence-corrected chi connectivity index (χ3v) is 4.11. The number of nitrogens with one attached hydrogen (secondary N) is 1. The highest BCUT2D eigenvalue weighted by atomic mass is 35.5. The minimum atomic E-state index is -1.13. The zero-order valence-electron chi connectivity index (χ0n) is 13.0. The van der Waals surface area contributed by atoms with Crippen molar-refractivity contribution >= 4 is 29.2 Å². The van der Waals surface area contributed by atoms with Gasteiger partial charge in [0.2, 0.25) is 5.91 Å². The van der Waals surface area contributed by atoms with Gasteiger partial charge in [-0.2, -0.15) is 0 Å². The maximum Gasteiger partial charge on any atom is 0.337 e. The van der Waals surface area contributed by atoms with Crippen LogP contribution in [0.3, 0.4) is 0 Å². The average molecular weight is 341 g/mol. The Morgan fingerprint density at radius 2 is 2.26 bits per heavy atom. The summed E-state index contributed by atoms with van der Waals surface area (Å²) >= 11 is 5.81. The van der Waals surface area contributed by atoms with E-state index in [9.17, 15) is 9.59 Å². The quantitative estimate of drug-likeness (QED) is 0.797. The number of carbonyl (C=O) groups excluding carboxylic acids is 1. The van der Waals surface area contributed by atoms with Crippen LogP contribution in [0.25, 0.3) is 0 Å². The molecule has 1 aliphatic rings. The normalized spacial score (nSPS) is 17.4. The van der Waals surface area contributed by atoms with Crippen LogP contribution in [-0.2, 0) is 9.53 Å². The topological polar surface area (TPSA) is 78.9 Å². The zero-order valence-corrected chi connectivity index (χ0v) is 13.8. The number of likely N-dealkylation sites (N-methyl/N-ethyl adjacent to an activating group) is 1. The zero-order chi connectivity index (χ0) is 16.8. The van der Waals surface area contributed by atoms with Gasteiger partial charge in [0, 0.05) is 18.8 Å². The molecule has 1 aliphatic heterocycles. The molecule has 6 nitrogen and oxygen atoms in total. The number of carbonyl (C=O) groups is 2. The van der Waals surface area contributed by atoms with Crippen molar-refractivity contribution in [3.8, 4) is 0 Å². The van der Waals surface area contributed by atoms with E-state index in [2.05, 4.69) is 5.32 Å². The third kappa shape index (κ3) is 5.20. The molecular formula is C16H21ClN2O4. The Labute approximate surface area is 140 Å². The summed E-state index contributed by atoms with van der Waals surface area (Å²) in [5.41, 5.74) is 0.390. The number of nitrogens with zero attached hydrogens (tertiary/aromatic N) is 1. The SMILES string of the molecule is CCN(CC(=O)Nc1ccc(Cl)c(C(=O)O)c1)C[C@H]1CCCO1. The summed E-state index contributed by atoms with van der Waals surface area (Å²) in [6.07, 6.45) is 2.28. The Balaban J connectivity index is 1.92. The van der Waals surface area contributed by atoms with Gasteiger partial charge in [-0.05, 0) is 37.6 Å². The number of aromatic carboxylic acids is 1. The Bertz CT molecular complexity index is 573. The van der Waals surface area contributed by atoms with E-state index in [1.165, 1.54) is 12.1 Å². The Morgan fingerprint density at radius 3 is 2.87 bits per heavy atom. The fourth-order valence-electron chi connectivity index (χ4n) is 2.55. The fraction of sp³-hybridized carbons (Fsp3) is 0.500. The third-order valence-electron chi connectivity index (χ3n) is 3.78. The van der Waals surface area contributed by atoms with Crippen LogP contribution < -0.4 is 5.32 Å². The molecule has 0 bridgehead atoms. The molecule has 1 saturated heterocycles. The van der Waals surface area contributed by atoms with Gasteiger partial charge in [0.15, 0.2) is 0 Å². The second-order valence-electron chi connectivity index (χ2n) is 5.51. The molecule has 0 aliphatic carbocycles. The van der Waals surface area contributed by atoms with E-state index in [-0.39, 0.29) is 29.1 Å². The Kier molecular flexibility index (Phi) is 6.38. The molecule has 2 N–H and O–H groups in total. The smallest absolute Gasteiger partial charge is 0.337 e. The fourth-order valence-corrected chi connectivity index (χ4v) is 2.75. The van der Waals surface area contributed by atoms with Gasteiger partial charge in [0.05, 0.1) is 23.2 Å². The highest BCUT2D eigenvalue weighted by Gasteiger charge is 2.20. The number of rotatable bonds is 7. The lowest BCUT2D eigenvalue weighted by molar-refractivity contribution is -0.117. The summed E-state index contributed by atoms with van der Waals surface area (Å²) in [7, 11) is 0. The predicted molar refractivity (Wildman–Crippen MR) is 88.1 cm³/mol. The van der Waals surface area contributed by atoms with Crippen molar-refractivity contribution < 1.29 is 19.4 Å². The first kappa shape index (κ1) is 17.7. The van der Waals surface area contributed by atoms with Crippen molar-refractivity contribution in [2.75, 3.05) is 31.6 Å². The summed E-state index contributed by atoms with van der Waals surface area (Å²) in [6, 6.07) is 4.41. The molecule has 7 heteroatoms. The molecule has 1 fully saturated rings.